The molecule has 0 radical (unpaired) electrons. The Balaban J connectivity index is 1.88. The van der Waals surface area contributed by atoms with E-state index in [9.17, 15) is 4.79 Å². The summed E-state index contributed by atoms with van der Waals surface area (Å²) in [5.74, 6) is -0.323. The number of halogens is 2. The van der Waals surface area contributed by atoms with Crippen molar-refractivity contribution in [1.82, 2.24) is 5.43 Å². The van der Waals surface area contributed by atoms with Crippen LogP contribution in [0.25, 0.3) is 0 Å². The Morgan fingerprint density at radius 2 is 1.76 bits per heavy atom. The molecule has 0 aliphatic carbocycles. The molecule has 0 saturated heterocycles. The van der Waals surface area contributed by atoms with E-state index in [0.29, 0.717) is 11.4 Å². The molecule has 1 N–H and O–H groups in total. The van der Waals surface area contributed by atoms with Gasteiger partial charge >= 0.3 is 0 Å². The van der Waals surface area contributed by atoms with E-state index in [1.54, 1.807) is 12.1 Å². The summed E-state index contributed by atoms with van der Waals surface area (Å²) in [5, 5.41) is 4.84. The first-order valence-electron chi connectivity index (χ1n) is 6.51. The highest BCUT2D eigenvalue weighted by molar-refractivity contribution is 9.10. The quantitative estimate of drug-likeness (QED) is 0.857. The zero-order valence-corrected chi connectivity index (χ0v) is 13.4. The Morgan fingerprint density at radius 1 is 1.10 bits per heavy atom. The summed E-state index contributed by atoms with van der Waals surface area (Å²) in [4.78, 5) is 12.1. The number of rotatable bonds is 2. The standard InChI is InChI=1S/C16H12BrClN2O/c17-12-5-1-11(2-6-12)15-9-14(16(21)20-19-15)10-3-7-13(18)8-4-10/h1-8,14H,9H2,(H,20,21)/t14-/m0/s1. The predicted octanol–water partition coefficient (Wildman–Crippen LogP) is 4.11. The van der Waals surface area contributed by atoms with Gasteiger partial charge in [0.05, 0.1) is 11.6 Å². The van der Waals surface area contributed by atoms with Gasteiger partial charge in [0.2, 0.25) is 5.91 Å². The van der Waals surface area contributed by atoms with Gasteiger partial charge in [0, 0.05) is 15.9 Å². The van der Waals surface area contributed by atoms with E-state index in [2.05, 4.69) is 26.5 Å². The predicted molar refractivity (Wildman–Crippen MR) is 87.6 cm³/mol. The fourth-order valence-electron chi connectivity index (χ4n) is 2.32. The van der Waals surface area contributed by atoms with Crippen LogP contribution in [0, 0.1) is 0 Å². The van der Waals surface area contributed by atoms with Crippen LogP contribution >= 0.6 is 27.5 Å². The Kier molecular flexibility index (Phi) is 4.08. The van der Waals surface area contributed by atoms with Crippen molar-refractivity contribution in [2.24, 2.45) is 5.10 Å². The van der Waals surface area contributed by atoms with Gasteiger partial charge in [-0.1, -0.05) is 51.8 Å². The van der Waals surface area contributed by atoms with Crippen molar-refractivity contribution in [2.45, 2.75) is 12.3 Å². The molecule has 1 aliphatic heterocycles. The van der Waals surface area contributed by atoms with Gasteiger partial charge < -0.3 is 0 Å². The molecule has 21 heavy (non-hydrogen) atoms. The molecule has 0 unspecified atom stereocenters. The monoisotopic (exact) mass is 362 g/mol. The Morgan fingerprint density at radius 3 is 2.43 bits per heavy atom. The molecule has 106 valence electrons. The number of hydrogen-bond donors (Lipinski definition) is 1. The lowest BCUT2D eigenvalue weighted by molar-refractivity contribution is -0.122. The number of carbonyl (C=O) groups excluding carboxylic acids is 1. The van der Waals surface area contributed by atoms with E-state index in [1.807, 2.05) is 36.4 Å². The topological polar surface area (TPSA) is 41.5 Å². The van der Waals surface area contributed by atoms with Gasteiger partial charge in [-0.3, -0.25) is 4.79 Å². The van der Waals surface area contributed by atoms with Crippen LogP contribution in [0.3, 0.4) is 0 Å². The van der Waals surface area contributed by atoms with Crippen LogP contribution < -0.4 is 5.43 Å². The average molecular weight is 364 g/mol. The third-order valence-corrected chi connectivity index (χ3v) is 4.25. The second-order valence-electron chi connectivity index (χ2n) is 4.85. The van der Waals surface area contributed by atoms with E-state index < -0.39 is 0 Å². The summed E-state index contributed by atoms with van der Waals surface area (Å²) in [6.07, 6.45) is 0.578. The third kappa shape index (κ3) is 3.17. The Bertz CT molecular complexity index is 695. The van der Waals surface area contributed by atoms with Crippen molar-refractivity contribution in [3.05, 3.63) is 69.2 Å². The minimum atomic E-state index is -0.238. The van der Waals surface area contributed by atoms with Crippen molar-refractivity contribution in [2.75, 3.05) is 0 Å². The Hall–Kier alpha value is -1.65. The molecule has 2 aromatic rings. The minimum absolute atomic E-state index is 0.0850. The number of hydrazone groups is 1. The van der Waals surface area contributed by atoms with Crippen molar-refractivity contribution in [3.8, 4) is 0 Å². The van der Waals surface area contributed by atoms with E-state index >= 15 is 0 Å². The maximum absolute atomic E-state index is 12.1. The summed E-state index contributed by atoms with van der Waals surface area (Å²) in [6, 6.07) is 15.3. The summed E-state index contributed by atoms with van der Waals surface area (Å²) in [7, 11) is 0. The highest BCUT2D eigenvalue weighted by Crippen LogP contribution is 2.26. The number of carbonyl (C=O) groups is 1. The van der Waals surface area contributed by atoms with Crippen LogP contribution in [0.5, 0.6) is 0 Å². The van der Waals surface area contributed by atoms with Crippen LogP contribution in [-0.4, -0.2) is 11.6 Å². The van der Waals surface area contributed by atoms with Gasteiger partial charge in [-0.25, -0.2) is 5.43 Å². The molecule has 1 heterocycles. The second kappa shape index (κ2) is 6.00. The van der Waals surface area contributed by atoms with Crippen LogP contribution in [0.4, 0.5) is 0 Å². The summed E-state index contributed by atoms with van der Waals surface area (Å²) in [5.41, 5.74) is 5.45. The summed E-state index contributed by atoms with van der Waals surface area (Å²) >= 11 is 9.31. The van der Waals surface area contributed by atoms with Gasteiger partial charge in [0.15, 0.2) is 0 Å². The smallest absolute Gasteiger partial charge is 0.248 e. The highest BCUT2D eigenvalue weighted by atomic mass is 79.9. The van der Waals surface area contributed by atoms with Gasteiger partial charge in [-0.05, 0) is 35.4 Å². The number of nitrogens with one attached hydrogen (secondary N) is 1. The highest BCUT2D eigenvalue weighted by Gasteiger charge is 2.27. The molecule has 3 nitrogen and oxygen atoms in total. The first-order chi connectivity index (χ1) is 10.1. The van der Waals surface area contributed by atoms with Crippen LogP contribution in [0.2, 0.25) is 5.02 Å². The zero-order chi connectivity index (χ0) is 14.8. The molecule has 5 heteroatoms. The molecule has 0 fully saturated rings. The summed E-state index contributed by atoms with van der Waals surface area (Å²) < 4.78 is 1.01. The fourth-order valence-corrected chi connectivity index (χ4v) is 2.71. The van der Waals surface area contributed by atoms with Crippen molar-refractivity contribution < 1.29 is 4.79 Å². The van der Waals surface area contributed by atoms with Crippen LogP contribution in [0.1, 0.15) is 23.5 Å². The lowest BCUT2D eigenvalue weighted by atomic mass is 9.89. The average Bonchev–Trinajstić information content (AvgIpc) is 2.50. The molecule has 1 amide bonds. The number of nitrogens with zero attached hydrogens (tertiary/aromatic N) is 1. The van der Waals surface area contributed by atoms with E-state index in [-0.39, 0.29) is 11.8 Å². The van der Waals surface area contributed by atoms with Gasteiger partial charge in [0.1, 0.15) is 0 Å². The molecule has 1 aliphatic rings. The lowest BCUT2D eigenvalue weighted by Gasteiger charge is -2.22. The number of benzene rings is 2. The first kappa shape index (κ1) is 14.3. The van der Waals surface area contributed by atoms with Crippen molar-refractivity contribution in [3.63, 3.8) is 0 Å². The Labute approximate surface area is 136 Å². The minimum Gasteiger partial charge on any atom is -0.272 e. The maximum Gasteiger partial charge on any atom is 0.248 e. The molecule has 0 saturated carbocycles. The fraction of sp³-hybridized carbons (Fsp3) is 0.125. The van der Waals surface area contributed by atoms with E-state index in [0.717, 1.165) is 21.3 Å². The SMILES string of the molecule is O=C1NN=C(c2ccc(Br)cc2)C[C@H]1c1ccc(Cl)cc1. The van der Waals surface area contributed by atoms with E-state index in [1.165, 1.54) is 0 Å². The molecule has 2 aromatic carbocycles. The third-order valence-electron chi connectivity index (χ3n) is 3.46. The van der Waals surface area contributed by atoms with Gasteiger partial charge in [-0.15, -0.1) is 0 Å². The lowest BCUT2D eigenvalue weighted by Crippen LogP contribution is -2.33. The number of hydrogen-bond acceptors (Lipinski definition) is 2. The molecule has 0 aromatic heterocycles. The molecular formula is C16H12BrClN2O. The normalized spacial score (nSPS) is 18.1. The molecule has 1 atom stereocenters. The molecular weight excluding hydrogens is 352 g/mol. The second-order valence-corrected chi connectivity index (χ2v) is 6.20. The maximum atomic E-state index is 12.1. The van der Waals surface area contributed by atoms with Crippen LogP contribution in [-0.2, 0) is 4.79 Å². The van der Waals surface area contributed by atoms with Gasteiger partial charge in [0.25, 0.3) is 0 Å². The van der Waals surface area contributed by atoms with Crippen molar-refractivity contribution >= 4 is 39.1 Å². The summed E-state index contributed by atoms with van der Waals surface area (Å²) in [6.45, 7) is 0. The van der Waals surface area contributed by atoms with Gasteiger partial charge in [-0.2, -0.15) is 5.10 Å². The molecule has 3 rings (SSSR count). The van der Waals surface area contributed by atoms with E-state index in [4.69, 9.17) is 11.6 Å². The van der Waals surface area contributed by atoms with Crippen LogP contribution in [0.15, 0.2) is 58.1 Å². The zero-order valence-electron chi connectivity index (χ0n) is 11.0. The number of amides is 1. The first-order valence-corrected chi connectivity index (χ1v) is 7.68. The molecule has 0 bridgehead atoms. The van der Waals surface area contributed by atoms with Crippen molar-refractivity contribution in [1.29, 1.82) is 0 Å². The molecule has 0 spiro atoms. The largest absolute Gasteiger partial charge is 0.272 e.